The highest BCUT2D eigenvalue weighted by Gasteiger charge is 2.36. The van der Waals surface area contributed by atoms with Gasteiger partial charge in [0.2, 0.25) is 0 Å². The van der Waals surface area contributed by atoms with Gasteiger partial charge in [0.25, 0.3) is 0 Å². The Labute approximate surface area is 108 Å². The largest absolute Gasteiger partial charge is 0.377 e. The summed E-state index contributed by atoms with van der Waals surface area (Å²) in [5, 5.41) is 3.63. The molecule has 0 bridgehead atoms. The molecular weight excluding hydrogens is 230 g/mol. The van der Waals surface area contributed by atoms with Gasteiger partial charge in [0.15, 0.2) is 0 Å². The average Bonchev–Trinajstić information content (AvgIpc) is 2.68. The fraction of sp³-hybridized carbons (Fsp3) is 0.571. The zero-order valence-corrected chi connectivity index (χ0v) is 11.6. The highest BCUT2D eigenvalue weighted by Crippen LogP contribution is 2.25. The molecule has 0 amide bonds. The number of hydrogen-bond donors (Lipinski definition) is 1. The second-order valence-corrected chi connectivity index (χ2v) is 5.76. The van der Waals surface area contributed by atoms with E-state index in [2.05, 4.69) is 49.7 Å². The number of ether oxygens (including phenoxy) is 1. The van der Waals surface area contributed by atoms with Crippen molar-refractivity contribution in [3.8, 4) is 0 Å². The van der Waals surface area contributed by atoms with E-state index in [9.17, 15) is 0 Å². The lowest BCUT2D eigenvalue weighted by Crippen LogP contribution is -2.47. The lowest BCUT2D eigenvalue weighted by Gasteiger charge is -2.29. The van der Waals surface area contributed by atoms with Crippen LogP contribution < -0.4 is 5.32 Å². The molecule has 1 aliphatic rings. The Morgan fingerprint density at radius 3 is 2.65 bits per heavy atom. The van der Waals surface area contributed by atoms with Crippen LogP contribution in [0.1, 0.15) is 25.8 Å². The van der Waals surface area contributed by atoms with Gasteiger partial charge in [-0.05, 0) is 44.2 Å². The van der Waals surface area contributed by atoms with E-state index in [0.717, 1.165) is 19.6 Å². The molecule has 0 aliphatic carbocycles. The summed E-state index contributed by atoms with van der Waals surface area (Å²) < 4.78 is 5.63. The number of thioether (sulfide) groups is 1. The smallest absolute Gasteiger partial charge is 0.0726 e. The van der Waals surface area contributed by atoms with Crippen LogP contribution in [-0.4, -0.2) is 24.5 Å². The third-order valence-electron chi connectivity index (χ3n) is 3.74. The lowest BCUT2D eigenvalue weighted by molar-refractivity contribution is 0.0881. The Balaban J connectivity index is 1.93. The van der Waals surface area contributed by atoms with Crippen LogP contribution in [0.15, 0.2) is 29.2 Å². The first-order valence-electron chi connectivity index (χ1n) is 6.13. The van der Waals surface area contributed by atoms with Gasteiger partial charge < -0.3 is 10.1 Å². The van der Waals surface area contributed by atoms with E-state index in [0.29, 0.717) is 6.10 Å². The van der Waals surface area contributed by atoms with Crippen LogP contribution in [0.2, 0.25) is 0 Å². The first-order chi connectivity index (χ1) is 8.14. The van der Waals surface area contributed by atoms with Crippen LogP contribution in [0.4, 0.5) is 0 Å². The Bertz CT molecular complexity index is 365. The highest BCUT2D eigenvalue weighted by atomic mass is 32.2. The summed E-state index contributed by atoms with van der Waals surface area (Å²) in [6, 6.07) is 8.75. The van der Waals surface area contributed by atoms with Gasteiger partial charge in [-0.15, -0.1) is 11.8 Å². The number of hydrogen-bond acceptors (Lipinski definition) is 3. The monoisotopic (exact) mass is 251 g/mol. The third-order valence-corrected chi connectivity index (χ3v) is 4.49. The van der Waals surface area contributed by atoms with Gasteiger partial charge >= 0.3 is 0 Å². The van der Waals surface area contributed by atoms with Crippen molar-refractivity contribution in [3.05, 3.63) is 29.8 Å². The van der Waals surface area contributed by atoms with Gasteiger partial charge in [0.1, 0.15) is 0 Å². The first kappa shape index (κ1) is 12.9. The molecule has 0 aromatic heterocycles. The molecule has 1 N–H and O–H groups in total. The van der Waals surface area contributed by atoms with Crippen molar-refractivity contribution in [1.82, 2.24) is 5.32 Å². The summed E-state index contributed by atoms with van der Waals surface area (Å²) in [5.41, 5.74) is 1.46. The molecule has 1 aromatic rings. The topological polar surface area (TPSA) is 21.3 Å². The van der Waals surface area contributed by atoms with Crippen molar-refractivity contribution in [1.29, 1.82) is 0 Å². The van der Waals surface area contributed by atoms with Crippen molar-refractivity contribution in [2.75, 3.05) is 12.9 Å². The SMILES string of the molecule is CSc1ccc(CNC2(C)CCOC2C)cc1. The minimum Gasteiger partial charge on any atom is -0.377 e. The standard InChI is InChI=1S/C14H21NOS/c1-11-14(2,8-9-16-11)15-10-12-4-6-13(17-3)7-5-12/h4-7,11,15H,8-10H2,1-3H3. The summed E-state index contributed by atoms with van der Waals surface area (Å²) in [7, 11) is 0. The average molecular weight is 251 g/mol. The fourth-order valence-corrected chi connectivity index (χ4v) is 2.52. The zero-order valence-electron chi connectivity index (χ0n) is 10.8. The zero-order chi connectivity index (χ0) is 12.3. The number of nitrogens with one attached hydrogen (secondary N) is 1. The van der Waals surface area contributed by atoms with Crippen LogP contribution in [0.5, 0.6) is 0 Å². The van der Waals surface area contributed by atoms with Gasteiger partial charge in [-0.3, -0.25) is 0 Å². The molecular formula is C14H21NOS. The normalized spacial score (nSPS) is 28.5. The highest BCUT2D eigenvalue weighted by molar-refractivity contribution is 7.98. The molecule has 17 heavy (non-hydrogen) atoms. The predicted molar refractivity (Wildman–Crippen MR) is 73.5 cm³/mol. The maximum atomic E-state index is 5.63. The van der Waals surface area contributed by atoms with E-state index in [-0.39, 0.29) is 5.54 Å². The summed E-state index contributed by atoms with van der Waals surface area (Å²) in [5.74, 6) is 0. The molecule has 0 saturated carbocycles. The van der Waals surface area contributed by atoms with E-state index in [1.807, 2.05) is 0 Å². The molecule has 1 fully saturated rings. The predicted octanol–water partition coefficient (Wildman–Crippen LogP) is 3.07. The maximum absolute atomic E-state index is 5.63. The first-order valence-corrected chi connectivity index (χ1v) is 7.36. The van der Waals surface area contributed by atoms with Crippen LogP contribution in [0, 0.1) is 0 Å². The number of benzene rings is 1. The van der Waals surface area contributed by atoms with Gasteiger partial charge in [-0.2, -0.15) is 0 Å². The van der Waals surface area contributed by atoms with Gasteiger partial charge in [-0.1, -0.05) is 12.1 Å². The second kappa shape index (κ2) is 5.42. The molecule has 2 rings (SSSR count). The molecule has 1 heterocycles. The Kier molecular flexibility index (Phi) is 4.13. The summed E-state index contributed by atoms with van der Waals surface area (Å²) >= 11 is 1.78. The summed E-state index contributed by atoms with van der Waals surface area (Å²) in [4.78, 5) is 1.32. The quantitative estimate of drug-likeness (QED) is 0.831. The molecule has 3 heteroatoms. The molecule has 2 atom stereocenters. The molecule has 2 unspecified atom stereocenters. The Morgan fingerprint density at radius 2 is 2.12 bits per heavy atom. The molecule has 1 aromatic carbocycles. The second-order valence-electron chi connectivity index (χ2n) is 4.88. The van der Waals surface area contributed by atoms with E-state index in [4.69, 9.17) is 4.74 Å². The molecule has 0 spiro atoms. The minimum absolute atomic E-state index is 0.123. The van der Waals surface area contributed by atoms with E-state index >= 15 is 0 Å². The summed E-state index contributed by atoms with van der Waals surface area (Å²) in [6.45, 7) is 6.19. The van der Waals surface area contributed by atoms with Gasteiger partial charge in [0.05, 0.1) is 6.10 Å². The van der Waals surface area contributed by atoms with Crippen molar-refractivity contribution in [3.63, 3.8) is 0 Å². The minimum atomic E-state index is 0.123. The third kappa shape index (κ3) is 3.03. The lowest BCUT2D eigenvalue weighted by atomic mass is 9.94. The van der Waals surface area contributed by atoms with Crippen LogP contribution in [0.25, 0.3) is 0 Å². The molecule has 1 aliphatic heterocycles. The molecule has 94 valence electrons. The molecule has 2 nitrogen and oxygen atoms in total. The number of rotatable bonds is 4. The molecule has 1 saturated heterocycles. The van der Waals surface area contributed by atoms with E-state index < -0.39 is 0 Å². The van der Waals surface area contributed by atoms with E-state index in [1.54, 1.807) is 11.8 Å². The summed E-state index contributed by atoms with van der Waals surface area (Å²) in [6.07, 6.45) is 3.50. The maximum Gasteiger partial charge on any atom is 0.0726 e. The van der Waals surface area contributed by atoms with Crippen molar-refractivity contribution in [2.24, 2.45) is 0 Å². The van der Waals surface area contributed by atoms with Crippen LogP contribution in [0.3, 0.4) is 0 Å². The van der Waals surface area contributed by atoms with Crippen molar-refractivity contribution >= 4 is 11.8 Å². The van der Waals surface area contributed by atoms with Crippen molar-refractivity contribution < 1.29 is 4.74 Å². The van der Waals surface area contributed by atoms with Crippen LogP contribution >= 0.6 is 11.8 Å². The van der Waals surface area contributed by atoms with E-state index in [1.165, 1.54) is 10.5 Å². The van der Waals surface area contributed by atoms with Crippen LogP contribution in [-0.2, 0) is 11.3 Å². The van der Waals surface area contributed by atoms with Crippen molar-refractivity contribution in [2.45, 2.75) is 43.4 Å². The van der Waals surface area contributed by atoms with Gasteiger partial charge in [0, 0.05) is 23.6 Å². The molecule has 0 radical (unpaired) electrons. The van der Waals surface area contributed by atoms with Gasteiger partial charge in [-0.25, -0.2) is 0 Å². The Hall–Kier alpha value is -0.510. The Morgan fingerprint density at radius 1 is 1.41 bits per heavy atom. The fourth-order valence-electron chi connectivity index (χ4n) is 2.11.